The quantitative estimate of drug-likeness (QED) is 0.447. The molecule has 0 saturated heterocycles. The van der Waals surface area contributed by atoms with Crippen molar-refractivity contribution < 1.29 is 24.1 Å². The van der Waals surface area contributed by atoms with Gasteiger partial charge in [-0.05, 0) is 34.4 Å². The van der Waals surface area contributed by atoms with Crippen molar-refractivity contribution in [2.45, 2.75) is 18.6 Å². The van der Waals surface area contributed by atoms with Crippen LogP contribution in [0.4, 0.5) is 10.1 Å². The van der Waals surface area contributed by atoms with E-state index in [4.69, 9.17) is 4.74 Å². The van der Waals surface area contributed by atoms with Crippen LogP contribution in [-0.4, -0.2) is 22.7 Å². The molecule has 4 aromatic rings. The number of aromatic hydroxyl groups is 1. The second-order valence-electron chi connectivity index (χ2n) is 8.84. The lowest BCUT2D eigenvalue weighted by atomic mass is 9.85. The Bertz CT molecular complexity index is 1470. The maximum atomic E-state index is 15.2. The first-order chi connectivity index (χ1) is 17.0. The summed E-state index contributed by atoms with van der Waals surface area (Å²) in [5.74, 6) is -1.08. The number of rotatable bonds is 4. The van der Waals surface area contributed by atoms with Crippen molar-refractivity contribution in [3.05, 3.63) is 113 Å². The summed E-state index contributed by atoms with van der Waals surface area (Å²) < 4.78 is 20.7. The van der Waals surface area contributed by atoms with Crippen molar-refractivity contribution >= 4 is 11.6 Å². The zero-order valence-corrected chi connectivity index (χ0v) is 18.7. The number of hydrogen-bond acceptors (Lipinski definition) is 4. The zero-order valence-electron chi connectivity index (χ0n) is 18.7. The van der Waals surface area contributed by atoms with Crippen molar-refractivity contribution in [2.75, 3.05) is 11.5 Å². The number of ether oxygens (including phenoxy) is 1. The maximum absolute atomic E-state index is 15.2. The zero-order chi connectivity index (χ0) is 24.2. The van der Waals surface area contributed by atoms with Crippen LogP contribution in [0.15, 0.2) is 84.9 Å². The number of benzene rings is 4. The van der Waals surface area contributed by atoms with Crippen LogP contribution in [0.1, 0.15) is 22.3 Å². The molecule has 0 fully saturated rings. The predicted octanol–water partition coefficient (Wildman–Crippen LogP) is 4.92. The van der Waals surface area contributed by atoms with E-state index in [2.05, 4.69) is 0 Å². The topological polar surface area (TPSA) is 70.0 Å². The van der Waals surface area contributed by atoms with Gasteiger partial charge in [-0.1, -0.05) is 66.7 Å². The minimum Gasteiger partial charge on any atom is -0.507 e. The van der Waals surface area contributed by atoms with Crippen LogP contribution in [0.25, 0.3) is 11.1 Å². The van der Waals surface area contributed by atoms with Crippen LogP contribution >= 0.6 is 0 Å². The number of hydrogen-bond donors (Lipinski definition) is 2. The summed E-state index contributed by atoms with van der Waals surface area (Å²) in [5.41, 5.74) is 1.37. The molecule has 174 valence electrons. The number of para-hydroxylation sites is 1. The fourth-order valence-corrected chi connectivity index (χ4v) is 5.14. The van der Waals surface area contributed by atoms with E-state index in [0.717, 1.165) is 22.3 Å². The van der Waals surface area contributed by atoms with Crippen LogP contribution in [0.2, 0.25) is 0 Å². The average molecular weight is 467 g/mol. The summed E-state index contributed by atoms with van der Waals surface area (Å²) in [7, 11) is 0. The molecule has 2 N–H and O–H groups in total. The number of carbonyl (C=O) groups excluding carboxylic acids is 1. The molecule has 2 aliphatic heterocycles. The van der Waals surface area contributed by atoms with Crippen molar-refractivity contribution in [3.63, 3.8) is 0 Å². The first-order valence-electron chi connectivity index (χ1n) is 11.4. The first kappa shape index (κ1) is 21.4. The molecule has 2 heterocycles. The number of halogens is 1. The minimum atomic E-state index is -2.24. The van der Waals surface area contributed by atoms with Crippen LogP contribution < -0.4 is 9.64 Å². The Morgan fingerprint density at radius 3 is 2.54 bits per heavy atom. The van der Waals surface area contributed by atoms with Gasteiger partial charge in [0.15, 0.2) is 0 Å². The molecule has 35 heavy (non-hydrogen) atoms. The number of fused-ring (bicyclic) bond motifs is 2. The molecule has 2 aliphatic rings. The Morgan fingerprint density at radius 1 is 0.943 bits per heavy atom. The molecule has 0 radical (unpaired) electrons. The van der Waals surface area contributed by atoms with E-state index < -0.39 is 17.3 Å². The standard InChI is InChI=1S/C29H22FNO4/c30-24-12-6-11-22-27(24)31(17-20-9-4-5-10-21(20)18-7-2-1-3-8-18)28(33)29(22,34)23-15-19-13-14-35-26(19)16-25(23)32/h1-12,15-16,32,34H,13-14,17H2. The Labute approximate surface area is 201 Å². The molecule has 6 heteroatoms. The molecule has 6 rings (SSSR count). The van der Waals surface area contributed by atoms with E-state index in [1.807, 2.05) is 54.6 Å². The second-order valence-corrected chi connectivity index (χ2v) is 8.84. The predicted molar refractivity (Wildman–Crippen MR) is 130 cm³/mol. The summed E-state index contributed by atoms with van der Waals surface area (Å²) >= 11 is 0. The summed E-state index contributed by atoms with van der Waals surface area (Å²) in [6.07, 6.45) is 0.594. The van der Waals surface area contributed by atoms with Crippen molar-refractivity contribution in [1.82, 2.24) is 0 Å². The number of aliphatic hydroxyl groups is 1. The minimum absolute atomic E-state index is 0.0130. The highest BCUT2D eigenvalue weighted by Crippen LogP contribution is 2.50. The third kappa shape index (κ3) is 3.21. The van der Waals surface area contributed by atoms with Crippen LogP contribution in [0.5, 0.6) is 11.5 Å². The van der Waals surface area contributed by atoms with Crippen molar-refractivity contribution in [1.29, 1.82) is 0 Å². The van der Waals surface area contributed by atoms with Gasteiger partial charge in [0, 0.05) is 23.6 Å². The molecule has 4 aromatic carbocycles. The molecular formula is C29H22FNO4. The number of amides is 1. The van der Waals surface area contributed by atoms with E-state index in [-0.39, 0.29) is 29.1 Å². The average Bonchev–Trinajstić information content (AvgIpc) is 3.42. The van der Waals surface area contributed by atoms with Gasteiger partial charge in [-0.25, -0.2) is 4.39 Å². The highest BCUT2D eigenvalue weighted by Gasteiger charge is 2.53. The first-order valence-corrected chi connectivity index (χ1v) is 11.4. The van der Waals surface area contributed by atoms with Gasteiger partial charge < -0.3 is 19.8 Å². The number of anilines is 1. The van der Waals surface area contributed by atoms with Crippen molar-refractivity contribution in [2.24, 2.45) is 0 Å². The maximum Gasteiger partial charge on any atom is 0.269 e. The summed E-state index contributed by atoms with van der Waals surface area (Å²) in [5, 5.41) is 22.7. The van der Waals surface area contributed by atoms with E-state index >= 15 is 4.39 Å². The number of nitrogens with zero attached hydrogens (tertiary/aromatic N) is 1. The van der Waals surface area contributed by atoms with Gasteiger partial charge in [-0.2, -0.15) is 0 Å². The molecule has 1 atom stereocenters. The normalized spacial score (nSPS) is 18.3. The van der Waals surface area contributed by atoms with Crippen molar-refractivity contribution in [3.8, 4) is 22.6 Å². The van der Waals surface area contributed by atoms with Crippen LogP contribution in [0.3, 0.4) is 0 Å². The Hall–Kier alpha value is -4.16. The fourth-order valence-electron chi connectivity index (χ4n) is 5.14. The van der Waals surface area contributed by atoms with Gasteiger partial charge in [-0.3, -0.25) is 4.79 Å². The van der Waals surface area contributed by atoms with E-state index in [1.165, 1.54) is 29.2 Å². The SMILES string of the molecule is O=C1N(Cc2ccccc2-c2ccccc2)c2c(F)cccc2C1(O)c1cc2c(cc1O)OCC2. The molecule has 0 aliphatic carbocycles. The Morgan fingerprint density at radius 2 is 1.71 bits per heavy atom. The fraction of sp³-hybridized carbons (Fsp3) is 0.138. The lowest BCUT2D eigenvalue weighted by molar-refractivity contribution is -0.132. The van der Waals surface area contributed by atoms with Gasteiger partial charge in [0.2, 0.25) is 5.60 Å². The van der Waals surface area contributed by atoms with Gasteiger partial charge >= 0.3 is 0 Å². The summed E-state index contributed by atoms with van der Waals surface area (Å²) in [6.45, 7) is 0.507. The van der Waals surface area contributed by atoms with Crippen LogP contribution in [-0.2, 0) is 23.4 Å². The highest BCUT2D eigenvalue weighted by molar-refractivity contribution is 6.09. The smallest absolute Gasteiger partial charge is 0.269 e. The van der Waals surface area contributed by atoms with E-state index in [9.17, 15) is 15.0 Å². The Balaban J connectivity index is 1.49. The molecule has 0 spiro atoms. The lowest BCUT2D eigenvalue weighted by Crippen LogP contribution is -2.41. The largest absolute Gasteiger partial charge is 0.507 e. The second kappa shape index (κ2) is 7.96. The van der Waals surface area contributed by atoms with Gasteiger partial charge in [-0.15, -0.1) is 0 Å². The van der Waals surface area contributed by atoms with Crippen LogP contribution in [0, 0.1) is 5.82 Å². The summed E-state index contributed by atoms with van der Waals surface area (Å²) in [4.78, 5) is 15.2. The highest BCUT2D eigenvalue weighted by atomic mass is 19.1. The third-order valence-corrected chi connectivity index (χ3v) is 6.83. The molecule has 1 unspecified atom stereocenters. The van der Waals surface area contributed by atoms with Gasteiger partial charge in [0.25, 0.3) is 5.91 Å². The molecule has 1 amide bonds. The molecular weight excluding hydrogens is 445 g/mol. The molecule has 5 nitrogen and oxygen atoms in total. The Kier molecular flexibility index (Phi) is 4.86. The molecule has 0 saturated carbocycles. The van der Waals surface area contributed by atoms with E-state index in [1.54, 1.807) is 6.07 Å². The monoisotopic (exact) mass is 467 g/mol. The molecule has 0 bridgehead atoms. The number of phenols is 1. The summed E-state index contributed by atoms with van der Waals surface area (Å²) in [6, 6.07) is 24.6. The van der Waals surface area contributed by atoms with Gasteiger partial charge in [0.1, 0.15) is 17.3 Å². The lowest BCUT2D eigenvalue weighted by Gasteiger charge is -2.25. The van der Waals surface area contributed by atoms with E-state index in [0.29, 0.717) is 18.8 Å². The van der Waals surface area contributed by atoms with Gasteiger partial charge in [0.05, 0.1) is 18.8 Å². The number of phenolic OH excluding ortho intramolecular Hbond substituents is 1. The number of carbonyl (C=O) groups is 1. The third-order valence-electron chi connectivity index (χ3n) is 6.83. The molecule has 0 aromatic heterocycles.